The molecule has 0 aromatic heterocycles. The third-order valence-electron chi connectivity index (χ3n) is 4.21. The van der Waals surface area contributed by atoms with Gasteiger partial charge < -0.3 is 14.8 Å². The maximum absolute atomic E-state index is 12.9. The van der Waals surface area contributed by atoms with E-state index in [1.165, 1.54) is 26.4 Å². The Balaban J connectivity index is 2.32. The number of anilines is 2. The Hall–Kier alpha value is -3.07. The van der Waals surface area contributed by atoms with E-state index in [0.717, 1.165) is 10.6 Å². The number of hydrogen-bond acceptors (Lipinski definition) is 6. The summed E-state index contributed by atoms with van der Waals surface area (Å²) in [4.78, 5) is 24.4. The molecule has 1 amide bonds. The number of methoxy groups -OCH3 is 2. The third-order valence-corrected chi connectivity index (χ3v) is 5.39. The monoisotopic (exact) mass is 420 g/mol. The van der Waals surface area contributed by atoms with Crippen LogP contribution in [0.2, 0.25) is 0 Å². The van der Waals surface area contributed by atoms with Crippen molar-refractivity contribution in [2.24, 2.45) is 0 Å². The van der Waals surface area contributed by atoms with Crippen molar-refractivity contribution in [3.05, 3.63) is 54.1 Å². The molecule has 2 aromatic rings. The maximum atomic E-state index is 12.9. The van der Waals surface area contributed by atoms with Gasteiger partial charge in [0, 0.05) is 11.8 Å². The lowest BCUT2D eigenvalue weighted by molar-refractivity contribution is -0.117. The van der Waals surface area contributed by atoms with Gasteiger partial charge in [0.15, 0.2) is 0 Å². The lowest BCUT2D eigenvalue weighted by Gasteiger charge is -2.30. The van der Waals surface area contributed by atoms with Gasteiger partial charge in [-0.05, 0) is 42.8 Å². The van der Waals surface area contributed by atoms with Crippen LogP contribution in [-0.4, -0.2) is 46.8 Å². The number of sulfonamides is 1. The first-order chi connectivity index (χ1) is 13.7. The number of rotatable bonds is 8. The van der Waals surface area contributed by atoms with Crippen LogP contribution in [0.15, 0.2) is 48.5 Å². The number of esters is 1. The Morgan fingerprint density at radius 2 is 1.76 bits per heavy atom. The molecule has 1 unspecified atom stereocenters. The van der Waals surface area contributed by atoms with Crippen molar-refractivity contribution in [2.45, 2.75) is 19.4 Å². The molecule has 0 bridgehead atoms. The van der Waals surface area contributed by atoms with Crippen molar-refractivity contribution in [3.63, 3.8) is 0 Å². The predicted octanol–water partition coefficient (Wildman–Crippen LogP) is 2.67. The number of ether oxygens (including phenoxy) is 2. The second-order valence-corrected chi connectivity index (χ2v) is 8.10. The molecule has 0 aliphatic rings. The van der Waals surface area contributed by atoms with E-state index in [1.807, 2.05) is 0 Å². The normalized spacial score (nSPS) is 12.0. The average molecular weight is 420 g/mol. The molecule has 8 nitrogen and oxygen atoms in total. The Labute approximate surface area is 170 Å². The lowest BCUT2D eigenvalue weighted by Crippen LogP contribution is -2.47. The SMILES string of the molecule is CCC(C(=O)Nc1ccc(C(=O)OC)cc1)N(c1cccc(OC)c1)S(C)(=O)=O. The van der Waals surface area contributed by atoms with Crippen LogP contribution in [0.3, 0.4) is 0 Å². The van der Waals surface area contributed by atoms with Crippen LogP contribution in [0.1, 0.15) is 23.7 Å². The number of carbonyl (C=O) groups is 2. The van der Waals surface area contributed by atoms with Gasteiger partial charge in [-0.2, -0.15) is 0 Å². The van der Waals surface area contributed by atoms with E-state index in [2.05, 4.69) is 10.1 Å². The van der Waals surface area contributed by atoms with Crippen molar-refractivity contribution < 1.29 is 27.5 Å². The van der Waals surface area contributed by atoms with Gasteiger partial charge in [0.25, 0.3) is 0 Å². The number of nitrogens with zero attached hydrogens (tertiary/aromatic N) is 1. The molecule has 0 heterocycles. The first-order valence-corrected chi connectivity index (χ1v) is 10.7. The minimum Gasteiger partial charge on any atom is -0.497 e. The smallest absolute Gasteiger partial charge is 0.337 e. The molecule has 0 radical (unpaired) electrons. The summed E-state index contributed by atoms with van der Waals surface area (Å²) >= 11 is 0. The van der Waals surface area contributed by atoms with E-state index in [4.69, 9.17) is 4.74 Å². The summed E-state index contributed by atoms with van der Waals surface area (Å²) in [5.41, 5.74) is 1.10. The van der Waals surface area contributed by atoms with E-state index in [1.54, 1.807) is 43.3 Å². The zero-order chi connectivity index (χ0) is 21.6. The quantitative estimate of drug-likeness (QED) is 0.659. The summed E-state index contributed by atoms with van der Waals surface area (Å²) in [5.74, 6) is -0.507. The fourth-order valence-electron chi connectivity index (χ4n) is 2.84. The number of amides is 1. The van der Waals surface area contributed by atoms with Crippen LogP contribution in [0.25, 0.3) is 0 Å². The summed E-state index contributed by atoms with van der Waals surface area (Å²) in [6.45, 7) is 1.73. The molecule has 0 aliphatic heterocycles. The Kier molecular flexibility index (Phi) is 7.22. The predicted molar refractivity (Wildman–Crippen MR) is 111 cm³/mol. The van der Waals surface area contributed by atoms with Gasteiger partial charge in [0.2, 0.25) is 15.9 Å². The fraction of sp³-hybridized carbons (Fsp3) is 0.300. The third kappa shape index (κ3) is 5.47. The van der Waals surface area contributed by atoms with Crippen molar-refractivity contribution in [1.82, 2.24) is 0 Å². The molecule has 0 aliphatic carbocycles. The molecule has 0 saturated heterocycles. The van der Waals surface area contributed by atoms with E-state index in [9.17, 15) is 18.0 Å². The van der Waals surface area contributed by atoms with Crippen LogP contribution in [0.4, 0.5) is 11.4 Å². The molecule has 9 heteroatoms. The van der Waals surface area contributed by atoms with Gasteiger partial charge in [-0.15, -0.1) is 0 Å². The average Bonchev–Trinajstić information content (AvgIpc) is 2.70. The van der Waals surface area contributed by atoms with Gasteiger partial charge in [0.1, 0.15) is 11.8 Å². The molecule has 0 spiro atoms. The second-order valence-electron chi connectivity index (χ2n) is 6.24. The van der Waals surface area contributed by atoms with Gasteiger partial charge in [-0.3, -0.25) is 9.10 Å². The fourth-order valence-corrected chi connectivity index (χ4v) is 4.04. The van der Waals surface area contributed by atoms with E-state index in [0.29, 0.717) is 22.7 Å². The zero-order valence-corrected chi connectivity index (χ0v) is 17.5. The Morgan fingerprint density at radius 1 is 1.10 bits per heavy atom. The van der Waals surface area contributed by atoms with Crippen LogP contribution in [0, 0.1) is 0 Å². The summed E-state index contributed by atoms with van der Waals surface area (Å²) in [5, 5.41) is 2.70. The van der Waals surface area contributed by atoms with Crippen LogP contribution < -0.4 is 14.4 Å². The van der Waals surface area contributed by atoms with E-state index in [-0.39, 0.29) is 6.42 Å². The maximum Gasteiger partial charge on any atom is 0.337 e. The summed E-state index contributed by atoms with van der Waals surface area (Å²) in [6.07, 6.45) is 1.30. The largest absolute Gasteiger partial charge is 0.497 e. The van der Waals surface area contributed by atoms with Crippen molar-refractivity contribution >= 4 is 33.3 Å². The van der Waals surface area contributed by atoms with E-state index < -0.39 is 27.9 Å². The molecule has 2 aromatic carbocycles. The van der Waals surface area contributed by atoms with E-state index >= 15 is 0 Å². The molecule has 0 saturated carbocycles. The topological polar surface area (TPSA) is 102 Å². The van der Waals surface area contributed by atoms with Crippen LogP contribution in [0.5, 0.6) is 5.75 Å². The highest BCUT2D eigenvalue weighted by Gasteiger charge is 2.31. The van der Waals surface area contributed by atoms with Crippen LogP contribution in [-0.2, 0) is 19.6 Å². The first kappa shape index (κ1) is 22.2. The number of benzene rings is 2. The van der Waals surface area contributed by atoms with Gasteiger partial charge >= 0.3 is 5.97 Å². The molecular weight excluding hydrogens is 396 g/mol. The zero-order valence-electron chi connectivity index (χ0n) is 16.7. The molecule has 2 rings (SSSR count). The number of carbonyl (C=O) groups excluding carboxylic acids is 2. The minimum atomic E-state index is -3.76. The number of hydrogen-bond donors (Lipinski definition) is 1. The standard InChI is InChI=1S/C20H24N2O6S/c1-5-18(19(23)21-15-11-9-14(10-12-15)20(24)28-3)22(29(4,25)26)16-7-6-8-17(13-16)27-2/h6-13,18H,5H2,1-4H3,(H,21,23). The molecule has 0 fully saturated rings. The van der Waals surface area contributed by atoms with Gasteiger partial charge in [-0.25, -0.2) is 13.2 Å². The van der Waals surface area contributed by atoms with Crippen molar-refractivity contribution in [1.29, 1.82) is 0 Å². The van der Waals surface area contributed by atoms with Crippen molar-refractivity contribution in [3.8, 4) is 5.75 Å². The highest BCUT2D eigenvalue weighted by molar-refractivity contribution is 7.92. The first-order valence-electron chi connectivity index (χ1n) is 8.84. The molecule has 1 N–H and O–H groups in total. The summed E-state index contributed by atoms with van der Waals surface area (Å²) < 4.78 is 35.9. The van der Waals surface area contributed by atoms with Crippen LogP contribution >= 0.6 is 0 Å². The van der Waals surface area contributed by atoms with Gasteiger partial charge in [0.05, 0.1) is 31.7 Å². The van der Waals surface area contributed by atoms with Gasteiger partial charge in [-0.1, -0.05) is 13.0 Å². The highest BCUT2D eigenvalue weighted by Crippen LogP contribution is 2.27. The molecule has 29 heavy (non-hydrogen) atoms. The minimum absolute atomic E-state index is 0.246. The Bertz CT molecular complexity index is 973. The lowest BCUT2D eigenvalue weighted by atomic mass is 10.1. The summed E-state index contributed by atoms with van der Waals surface area (Å²) in [6, 6.07) is 11.7. The molecule has 156 valence electrons. The molecule has 1 atom stereocenters. The van der Waals surface area contributed by atoms with Crippen molar-refractivity contribution in [2.75, 3.05) is 30.1 Å². The summed E-state index contributed by atoms with van der Waals surface area (Å²) in [7, 11) is -0.999. The second kappa shape index (κ2) is 9.42. The highest BCUT2D eigenvalue weighted by atomic mass is 32.2. The Morgan fingerprint density at radius 3 is 2.28 bits per heavy atom. The molecular formula is C20H24N2O6S. The number of nitrogens with one attached hydrogen (secondary N) is 1.